The van der Waals surface area contributed by atoms with Crippen molar-refractivity contribution in [3.8, 4) is 0 Å². The lowest BCUT2D eigenvalue weighted by atomic mass is 10.2. The van der Waals surface area contributed by atoms with Crippen LogP contribution in [0.15, 0.2) is 49.1 Å². The lowest BCUT2D eigenvalue weighted by Gasteiger charge is -2.21. The molecule has 3 rings (SSSR count). The maximum Gasteiger partial charge on any atom is 0.264 e. The van der Waals surface area contributed by atoms with Gasteiger partial charge in [-0.15, -0.1) is 17.9 Å². The van der Waals surface area contributed by atoms with Crippen molar-refractivity contribution < 1.29 is 9.59 Å². The van der Waals surface area contributed by atoms with E-state index in [9.17, 15) is 9.59 Å². The van der Waals surface area contributed by atoms with E-state index < -0.39 is 0 Å². The van der Waals surface area contributed by atoms with Gasteiger partial charge in [-0.2, -0.15) is 0 Å². The number of thiophene rings is 1. The predicted molar refractivity (Wildman–Crippen MR) is 102 cm³/mol. The Morgan fingerprint density at radius 1 is 1.32 bits per heavy atom. The van der Waals surface area contributed by atoms with Crippen molar-refractivity contribution >= 4 is 28.2 Å². The van der Waals surface area contributed by atoms with E-state index in [1.165, 1.54) is 11.3 Å². The molecule has 2 amide bonds. The first-order chi connectivity index (χ1) is 12.1. The van der Waals surface area contributed by atoms with E-state index >= 15 is 0 Å². The summed E-state index contributed by atoms with van der Waals surface area (Å²) in [6.07, 6.45) is 3.66. The van der Waals surface area contributed by atoms with Gasteiger partial charge in [0, 0.05) is 19.0 Å². The molecular weight excluding hydrogens is 332 g/mol. The standard InChI is InChI=1S/C20H22N2O2S/c1-3-11-22(13-15-7-5-4-6-8-15)20(24)18-14(2)12-17(25-18)21-19(23)16-9-10-16/h3-8,12,16H,1,9-11,13H2,2H3,(H,21,23). The summed E-state index contributed by atoms with van der Waals surface area (Å²) in [6, 6.07) is 11.8. The highest BCUT2D eigenvalue weighted by Gasteiger charge is 2.30. The summed E-state index contributed by atoms with van der Waals surface area (Å²) in [5, 5.41) is 3.68. The van der Waals surface area contributed by atoms with Crippen LogP contribution < -0.4 is 5.32 Å². The first-order valence-electron chi connectivity index (χ1n) is 8.44. The van der Waals surface area contributed by atoms with Gasteiger partial charge in [-0.25, -0.2) is 0 Å². The fraction of sp³-hybridized carbons (Fsp3) is 0.300. The quantitative estimate of drug-likeness (QED) is 0.756. The molecule has 25 heavy (non-hydrogen) atoms. The van der Waals surface area contributed by atoms with Crippen LogP contribution in [0.3, 0.4) is 0 Å². The number of amides is 2. The number of benzene rings is 1. The monoisotopic (exact) mass is 354 g/mol. The molecule has 0 aliphatic heterocycles. The minimum atomic E-state index is -0.0295. The van der Waals surface area contributed by atoms with Crippen molar-refractivity contribution in [2.45, 2.75) is 26.3 Å². The molecule has 0 spiro atoms. The van der Waals surface area contributed by atoms with Gasteiger partial charge >= 0.3 is 0 Å². The van der Waals surface area contributed by atoms with E-state index in [1.807, 2.05) is 43.3 Å². The first kappa shape index (κ1) is 17.4. The molecule has 1 fully saturated rings. The van der Waals surface area contributed by atoms with Crippen LogP contribution in [-0.4, -0.2) is 23.3 Å². The molecule has 5 heteroatoms. The highest BCUT2D eigenvalue weighted by atomic mass is 32.1. The van der Waals surface area contributed by atoms with Crippen LogP contribution in [0.4, 0.5) is 5.00 Å². The second-order valence-electron chi connectivity index (χ2n) is 6.35. The lowest BCUT2D eigenvalue weighted by Crippen LogP contribution is -2.30. The first-order valence-corrected chi connectivity index (χ1v) is 9.25. The maximum atomic E-state index is 13.0. The van der Waals surface area contributed by atoms with Gasteiger partial charge in [-0.1, -0.05) is 36.4 Å². The largest absolute Gasteiger partial charge is 0.330 e. The Kier molecular flexibility index (Phi) is 5.34. The Hall–Kier alpha value is -2.40. The number of hydrogen-bond acceptors (Lipinski definition) is 3. The number of carbonyl (C=O) groups excluding carboxylic acids is 2. The van der Waals surface area contributed by atoms with Crippen molar-refractivity contribution in [2.24, 2.45) is 5.92 Å². The van der Waals surface area contributed by atoms with Gasteiger partial charge in [0.15, 0.2) is 0 Å². The summed E-state index contributed by atoms with van der Waals surface area (Å²) in [5.74, 6) is 0.183. The Balaban J connectivity index is 1.75. The number of rotatable bonds is 7. The second-order valence-corrected chi connectivity index (χ2v) is 7.40. The van der Waals surface area contributed by atoms with E-state index in [4.69, 9.17) is 0 Å². The van der Waals surface area contributed by atoms with Gasteiger partial charge in [0.1, 0.15) is 0 Å². The van der Waals surface area contributed by atoms with Crippen molar-refractivity contribution in [1.29, 1.82) is 0 Å². The molecule has 0 unspecified atom stereocenters. The van der Waals surface area contributed by atoms with Gasteiger partial charge < -0.3 is 10.2 Å². The number of nitrogens with one attached hydrogen (secondary N) is 1. The van der Waals surface area contributed by atoms with Gasteiger partial charge in [0.25, 0.3) is 5.91 Å². The molecule has 4 nitrogen and oxygen atoms in total. The molecule has 0 bridgehead atoms. The summed E-state index contributed by atoms with van der Waals surface area (Å²) >= 11 is 1.35. The van der Waals surface area contributed by atoms with E-state index in [1.54, 1.807) is 11.0 Å². The molecule has 1 aromatic heterocycles. The van der Waals surface area contributed by atoms with Gasteiger partial charge in [-0.05, 0) is 37.0 Å². The zero-order valence-corrected chi connectivity index (χ0v) is 15.1. The third-order valence-corrected chi connectivity index (χ3v) is 5.30. The number of anilines is 1. The third-order valence-electron chi connectivity index (χ3n) is 4.16. The van der Waals surface area contributed by atoms with Crippen LogP contribution in [-0.2, 0) is 11.3 Å². The fourth-order valence-corrected chi connectivity index (χ4v) is 3.69. The molecule has 1 aliphatic carbocycles. The van der Waals surface area contributed by atoms with Gasteiger partial charge in [-0.3, -0.25) is 9.59 Å². The number of nitrogens with zero attached hydrogens (tertiary/aromatic N) is 1. The lowest BCUT2D eigenvalue weighted by molar-refractivity contribution is -0.117. The summed E-state index contributed by atoms with van der Waals surface area (Å²) in [5.41, 5.74) is 1.97. The fourth-order valence-electron chi connectivity index (χ4n) is 2.65. The molecule has 1 aliphatic rings. The van der Waals surface area contributed by atoms with Crippen LogP contribution >= 0.6 is 11.3 Å². The maximum absolute atomic E-state index is 13.0. The Bertz CT molecular complexity index is 778. The molecule has 1 heterocycles. The number of aryl methyl sites for hydroxylation is 1. The molecule has 1 N–H and O–H groups in total. The molecule has 130 valence electrons. The molecular formula is C20H22N2O2S. The van der Waals surface area contributed by atoms with Crippen LogP contribution in [0.5, 0.6) is 0 Å². The summed E-state index contributed by atoms with van der Waals surface area (Å²) < 4.78 is 0. The average Bonchev–Trinajstić information content (AvgIpc) is 3.39. The van der Waals surface area contributed by atoms with Crippen molar-refractivity contribution in [2.75, 3.05) is 11.9 Å². The molecule has 0 saturated heterocycles. The molecule has 1 saturated carbocycles. The van der Waals surface area contributed by atoms with Gasteiger partial charge in [0.2, 0.25) is 5.91 Å². The van der Waals surface area contributed by atoms with E-state index in [2.05, 4.69) is 11.9 Å². The van der Waals surface area contributed by atoms with Crippen molar-refractivity contribution in [3.63, 3.8) is 0 Å². The Labute approximate surface area is 152 Å². The normalized spacial score (nSPS) is 13.3. The third kappa shape index (κ3) is 4.37. The summed E-state index contributed by atoms with van der Waals surface area (Å²) in [6.45, 7) is 6.69. The minimum absolute atomic E-state index is 0.0295. The highest BCUT2D eigenvalue weighted by Crippen LogP contribution is 2.33. The van der Waals surface area contributed by atoms with Crippen LogP contribution in [0.2, 0.25) is 0 Å². The zero-order valence-electron chi connectivity index (χ0n) is 14.3. The molecule has 2 aromatic rings. The zero-order chi connectivity index (χ0) is 17.8. The molecule has 1 aromatic carbocycles. The number of carbonyl (C=O) groups is 2. The Morgan fingerprint density at radius 2 is 2.04 bits per heavy atom. The topological polar surface area (TPSA) is 49.4 Å². The Morgan fingerprint density at radius 3 is 2.68 bits per heavy atom. The van der Waals surface area contributed by atoms with Crippen molar-refractivity contribution in [1.82, 2.24) is 4.90 Å². The number of hydrogen-bond donors (Lipinski definition) is 1. The minimum Gasteiger partial charge on any atom is -0.330 e. The predicted octanol–water partition coefficient (Wildman–Crippen LogP) is 4.23. The van der Waals surface area contributed by atoms with Crippen LogP contribution in [0.1, 0.15) is 33.6 Å². The summed E-state index contributed by atoms with van der Waals surface area (Å²) in [4.78, 5) is 27.4. The van der Waals surface area contributed by atoms with Gasteiger partial charge in [0.05, 0.1) is 9.88 Å². The SMILES string of the molecule is C=CCN(Cc1ccccc1)C(=O)c1sc(NC(=O)C2CC2)cc1C. The van der Waals surface area contributed by atoms with Crippen molar-refractivity contribution in [3.05, 3.63) is 65.1 Å². The molecule has 0 radical (unpaired) electrons. The van der Waals surface area contributed by atoms with E-state index in [0.717, 1.165) is 29.0 Å². The van der Waals surface area contributed by atoms with E-state index in [-0.39, 0.29) is 17.7 Å². The van der Waals surface area contributed by atoms with Crippen LogP contribution in [0.25, 0.3) is 0 Å². The highest BCUT2D eigenvalue weighted by molar-refractivity contribution is 7.18. The van der Waals surface area contributed by atoms with Crippen LogP contribution in [0, 0.1) is 12.8 Å². The van der Waals surface area contributed by atoms with E-state index in [0.29, 0.717) is 18.0 Å². The summed E-state index contributed by atoms with van der Waals surface area (Å²) in [7, 11) is 0. The average molecular weight is 354 g/mol. The second kappa shape index (κ2) is 7.66. The smallest absolute Gasteiger partial charge is 0.264 e. The molecule has 0 atom stereocenters.